The minimum atomic E-state index is -4.54. The van der Waals surface area contributed by atoms with Crippen molar-refractivity contribution in [2.45, 2.75) is 93.0 Å². The molecule has 7 aliphatic rings. The Morgan fingerprint density at radius 1 is 1.26 bits per heavy atom. The molecule has 1 aromatic heterocycles. The number of carbonyl (C=O) groups excluding carboxylic acids is 1. The van der Waals surface area contributed by atoms with Crippen LogP contribution in [0.1, 0.15) is 57.4 Å². The Kier molecular flexibility index (Phi) is 4.53. The van der Waals surface area contributed by atoms with Gasteiger partial charge >= 0.3 is 13.8 Å². The van der Waals surface area contributed by atoms with Gasteiger partial charge in [0.25, 0.3) is 0 Å². The Morgan fingerprint density at radius 2 is 1.95 bits per heavy atom. The summed E-state index contributed by atoms with van der Waals surface area (Å²) in [4.78, 5) is 16.2. The van der Waals surface area contributed by atoms with E-state index in [1.54, 1.807) is 26.8 Å². The van der Waals surface area contributed by atoms with Crippen LogP contribution in [-0.4, -0.2) is 84.5 Å². The summed E-state index contributed by atoms with van der Waals surface area (Å²) in [6, 6.07) is 3.06. The highest BCUT2D eigenvalue weighted by Gasteiger charge is 3.12. The summed E-state index contributed by atoms with van der Waals surface area (Å²) in [5.41, 5.74) is -14.4. The van der Waals surface area contributed by atoms with Crippen LogP contribution in [0, 0.1) is 16.7 Å². The van der Waals surface area contributed by atoms with E-state index in [2.05, 4.69) is 11.6 Å². The maximum atomic E-state index is 14.0. The summed E-state index contributed by atoms with van der Waals surface area (Å²) in [7, 11) is -3.44. The van der Waals surface area contributed by atoms with Crippen molar-refractivity contribution in [2.24, 2.45) is 16.7 Å². The molecule has 3 aliphatic heterocycles. The molecule has 4 aliphatic carbocycles. The molecule has 214 valence electrons. The van der Waals surface area contributed by atoms with Crippen LogP contribution in [0.3, 0.4) is 0 Å². The van der Waals surface area contributed by atoms with Gasteiger partial charge in [0.15, 0.2) is 23.1 Å². The maximum absolute atomic E-state index is 14.0. The van der Waals surface area contributed by atoms with Crippen LogP contribution < -0.4 is 0 Å². The molecular formula is C26H34NO11P. The lowest BCUT2D eigenvalue weighted by Gasteiger charge is -2.60. The van der Waals surface area contributed by atoms with Crippen LogP contribution >= 0.6 is 7.82 Å². The third-order valence-corrected chi connectivity index (χ3v) is 13.0. The van der Waals surface area contributed by atoms with Crippen molar-refractivity contribution >= 4 is 13.8 Å². The average molecular weight is 568 g/mol. The van der Waals surface area contributed by atoms with E-state index in [-0.39, 0.29) is 25.0 Å². The number of aromatic amines is 1. The van der Waals surface area contributed by atoms with Gasteiger partial charge in [0.1, 0.15) is 28.6 Å². The van der Waals surface area contributed by atoms with Gasteiger partial charge in [-0.1, -0.05) is 27.4 Å². The standard InChI is InChI=1S/C26H34NO11P/c1-13(2)23(31)18(35-17(28)15-8-7-11-27-15)24(32)19(4)12-22(30)20(23,5)26(24)25(37-22)16(36-39(33,34-6)38-26)14(3)9-10-21(19,25)29/h7-8,11,13,16,18,27,29-32H,3,9-10,12H2,1-2,4-6H3/t16-,18-,19+,20+,21+,22+,23-,24-,25-,26-,39?/m1/s1. The number of carbonyl (C=O) groups is 1. The van der Waals surface area contributed by atoms with E-state index in [9.17, 15) is 29.8 Å². The van der Waals surface area contributed by atoms with Crippen molar-refractivity contribution in [1.82, 2.24) is 4.98 Å². The predicted molar refractivity (Wildman–Crippen MR) is 131 cm³/mol. The van der Waals surface area contributed by atoms with Crippen molar-refractivity contribution in [2.75, 3.05) is 7.11 Å². The molecule has 39 heavy (non-hydrogen) atoms. The number of hydrogen-bond donors (Lipinski definition) is 5. The Balaban J connectivity index is 1.62. The Hall–Kier alpha value is -1.60. The van der Waals surface area contributed by atoms with Gasteiger partial charge in [0, 0.05) is 25.1 Å². The summed E-state index contributed by atoms with van der Waals surface area (Å²) >= 11 is 0. The number of aliphatic hydroxyl groups is 4. The monoisotopic (exact) mass is 567 g/mol. The zero-order valence-electron chi connectivity index (χ0n) is 22.4. The number of phosphoric acid groups is 1. The number of phosphoric ester groups is 1. The highest BCUT2D eigenvalue weighted by Crippen LogP contribution is 2.94. The summed E-state index contributed by atoms with van der Waals surface area (Å²) in [5.74, 6) is -3.92. The minimum absolute atomic E-state index is 0.0243. The molecule has 5 N–H and O–H groups in total. The molecule has 11 atom stereocenters. The fourth-order valence-corrected chi connectivity index (χ4v) is 11.6. The molecule has 4 saturated carbocycles. The van der Waals surface area contributed by atoms with Gasteiger partial charge in [-0.2, -0.15) is 0 Å². The van der Waals surface area contributed by atoms with Crippen molar-refractivity contribution in [3.63, 3.8) is 0 Å². The zero-order valence-corrected chi connectivity index (χ0v) is 23.3. The molecule has 13 heteroatoms. The third kappa shape index (κ3) is 2.04. The molecule has 7 fully saturated rings. The summed E-state index contributed by atoms with van der Waals surface area (Å²) in [6.45, 7) is 10.4. The van der Waals surface area contributed by atoms with Crippen LogP contribution in [0.4, 0.5) is 0 Å². The molecule has 1 unspecified atom stereocenters. The van der Waals surface area contributed by atoms with E-state index >= 15 is 0 Å². The van der Waals surface area contributed by atoms with E-state index in [1.807, 2.05) is 0 Å². The van der Waals surface area contributed by atoms with Gasteiger partial charge in [0.2, 0.25) is 0 Å². The summed E-state index contributed by atoms with van der Waals surface area (Å²) in [6.07, 6.45) is -1.72. The van der Waals surface area contributed by atoms with Crippen molar-refractivity contribution < 1.29 is 52.8 Å². The van der Waals surface area contributed by atoms with Crippen molar-refractivity contribution in [1.29, 1.82) is 0 Å². The van der Waals surface area contributed by atoms with Gasteiger partial charge < -0.3 is 34.9 Å². The van der Waals surface area contributed by atoms with E-state index in [0.29, 0.717) is 5.57 Å². The second-order valence-electron chi connectivity index (χ2n) is 12.8. The highest BCUT2D eigenvalue weighted by atomic mass is 31.2. The second kappa shape index (κ2) is 6.72. The maximum Gasteiger partial charge on any atom is 0.475 e. The number of rotatable bonds is 4. The number of ether oxygens (including phenoxy) is 2. The SMILES string of the molecule is C=C1CC[C@]2(O)[C@]3(C)C[C@]4(O)O[C@]25[C@@H]1OP(=O)(OC)O[C@]51[C@@]3(O)[C@H](OC(=O)c2ccc[nH]2)[C@](O)(C(C)C)[C@@]14C. The predicted octanol–water partition coefficient (Wildman–Crippen LogP) is 1.55. The van der Waals surface area contributed by atoms with Crippen LogP contribution in [0.2, 0.25) is 0 Å². The van der Waals surface area contributed by atoms with Gasteiger partial charge in [-0.05, 0) is 43.4 Å². The van der Waals surface area contributed by atoms with Crippen LogP contribution in [0.5, 0.6) is 0 Å². The molecule has 1 aromatic rings. The molecule has 8 rings (SSSR count). The number of aromatic nitrogens is 1. The normalized spacial score (nSPS) is 58.3. The minimum Gasteiger partial charge on any atom is -0.451 e. The topological polar surface area (TPSA) is 177 Å². The molecule has 0 amide bonds. The van der Waals surface area contributed by atoms with E-state index in [1.165, 1.54) is 19.2 Å². The van der Waals surface area contributed by atoms with Crippen LogP contribution in [-0.2, 0) is 27.6 Å². The van der Waals surface area contributed by atoms with E-state index in [0.717, 1.165) is 7.11 Å². The number of H-pyrrole nitrogens is 1. The zero-order chi connectivity index (χ0) is 28.4. The molecule has 2 spiro atoms. The second-order valence-corrected chi connectivity index (χ2v) is 14.4. The van der Waals surface area contributed by atoms with E-state index < -0.39 is 76.5 Å². The summed E-state index contributed by atoms with van der Waals surface area (Å²) < 4.78 is 43.9. The Morgan fingerprint density at radius 3 is 2.54 bits per heavy atom. The van der Waals surface area contributed by atoms with Crippen molar-refractivity contribution in [3.05, 3.63) is 36.2 Å². The van der Waals surface area contributed by atoms with Gasteiger partial charge in [0.05, 0.1) is 5.41 Å². The fraction of sp³-hybridized carbons (Fsp3) is 0.731. The quantitative estimate of drug-likeness (QED) is 0.203. The molecule has 12 nitrogen and oxygen atoms in total. The lowest BCUT2D eigenvalue weighted by Crippen LogP contribution is -2.77. The first-order valence-electron chi connectivity index (χ1n) is 13.1. The lowest BCUT2D eigenvalue weighted by molar-refractivity contribution is -0.381. The van der Waals surface area contributed by atoms with Gasteiger partial charge in [-0.25, -0.2) is 9.36 Å². The Labute approximate surface area is 224 Å². The van der Waals surface area contributed by atoms with Gasteiger partial charge in [-0.15, -0.1) is 0 Å². The third-order valence-electron chi connectivity index (χ3n) is 11.6. The largest absolute Gasteiger partial charge is 0.475 e. The number of esters is 1. The van der Waals surface area contributed by atoms with E-state index in [4.69, 9.17) is 23.0 Å². The van der Waals surface area contributed by atoms with Crippen LogP contribution in [0.15, 0.2) is 30.5 Å². The molecule has 0 radical (unpaired) electrons. The Bertz CT molecular complexity index is 1380. The van der Waals surface area contributed by atoms with Crippen molar-refractivity contribution in [3.8, 4) is 0 Å². The van der Waals surface area contributed by atoms with Crippen LogP contribution in [0.25, 0.3) is 0 Å². The molecular weight excluding hydrogens is 533 g/mol. The molecule has 3 saturated heterocycles. The number of nitrogens with one attached hydrogen (secondary N) is 1. The highest BCUT2D eigenvalue weighted by molar-refractivity contribution is 7.48. The molecule has 4 heterocycles. The first-order valence-corrected chi connectivity index (χ1v) is 14.6. The molecule has 6 bridgehead atoms. The molecule has 0 aromatic carbocycles. The number of hydrogen-bond acceptors (Lipinski definition) is 11. The fourth-order valence-electron chi connectivity index (χ4n) is 10.00. The smallest absolute Gasteiger partial charge is 0.451 e. The summed E-state index contributed by atoms with van der Waals surface area (Å²) in [5, 5.41) is 51.2. The van der Waals surface area contributed by atoms with Gasteiger partial charge in [-0.3, -0.25) is 13.6 Å². The first kappa shape index (κ1) is 26.3. The average Bonchev–Trinajstić information content (AvgIpc) is 3.50. The first-order chi connectivity index (χ1) is 18.0. The lowest BCUT2D eigenvalue weighted by atomic mass is 9.52.